The Bertz CT molecular complexity index is 871. The van der Waals surface area contributed by atoms with Crippen LogP contribution in [0.1, 0.15) is 44.8 Å². The molecular weight excluding hydrogens is 316 g/mol. The van der Waals surface area contributed by atoms with Gasteiger partial charge in [-0.25, -0.2) is 0 Å². The van der Waals surface area contributed by atoms with Crippen LogP contribution in [0, 0.1) is 6.92 Å². The van der Waals surface area contributed by atoms with E-state index in [1.807, 2.05) is 0 Å². The van der Waals surface area contributed by atoms with E-state index in [9.17, 15) is 14.4 Å². The van der Waals surface area contributed by atoms with Crippen LogP contribution in [0.15, 0.2) is 29.1 Å². The van der Waals surface area contributed by atoms with Crippen molar-refractivity contribution in [1.29, 1.82) is 0 Å². The van der Waals surface area contributed by atoms with E-state index in [0.29, 0.717) is 40.4 Å². The number of Topliss-reactive ketones (excluding diaryl/α,β-unsaturated/α-hetero) is 1. The van der Waals surface area contributed by atoms with E-state index in [4.69, 9.17) is 11.6 Å². The minimum atomic E-state index is -0.558. The van der Waals surface area contributed by atoms with Crippen LogP contribution in [0.5, 0.6) is 0 Å². The maximum Gasteiger partial charge on any atom is 0.261 e. The van der Waals surface area contributed by atoms with Crippen molar-refractivity contribution in [3.63, 3.8) is 0 Å². The number of benzene rings is 1. The summed E-state index contributed by atoms with van der Waals surface area (Å²) in [4.78, 5) is 39.1. The van der Waals surface area contributed by atoms with E-state index < -0.39 is 11.5 Å². The van der Waals surface area contributed by atoms with Gasteiger partial charge in [0.25, 0.3) is 11.5 Å². The van der Waals surface area contributed by atoms with Gasteiger partial charge in [-0.05, 0) is 43.5 Å². The number of aryl methyl sites for hydroxylation is 1. The van der Waals surface area contributed by atoms with Gasteiger partial charge in [-0.2, -0.15) is 0 Å². The number of aromatic amines is 1. The molecule has 2 N–H and O–H groups in total. The molecule has 0 bridgehead atoms. The van der Waals surface area contributed by atoms with Crippen LogP contribution >= 0.6 is 11.6 Å². The molecule has 0 unspecified atom stereocenters. The van der Waals surface area contributed by atoms with Gasteiger partial charge in [-0.15, -0.1) is 0 Å². The van der Waals surface area contributed by atoms with Gasteiger partial charge in [0, 0.05) is 28.4 Å². The zero-order valence-corrected chi connectivity index (χ0v) is 13.3. The molecule has 1 aliphatic rings. The van der Waals surface area contributed by atoms with Crippen LogP contribution in [0.3, 0.4) is 0 Å². The van der Waals surface area contributed by atoms with Gasteiger partial charge in [0.1, 0.15) is 5.56 Å². The Morgan fingerprint density at radius 1 is 1.26 bits per heavy atom. The number of amides is 1. The van der Waals surface area contributed by atoms with Gasteiger partial charge in [0.15, 0.2) is 5.78 Å². The predicted octanol–water partition coefficient (Wildman–Crippen LogP) is 3.11. The predicted molar refractivity (Wildman–Crippen MR) is 88.5 cm³/mol. The van der Waals surface area contributed by atoms with Gasteiger partial charge in [0.2, 0.25) is 0 Å². The van der Waals surface area contributed by atoms with E-state index >= 15 is 0 Å². The molecule has 3 rings (SSSR count). The topological polar surface area (TPSA) is 79.0 Å². The van der Waals surface area contributed by atoms with Crippen molar-refractivity contribution in [1.82, 2.24) is 4.98 Å². The second-order valence-corrected chi connectivity index (χ2v) is 5.95. The molecule has 23 heavy (non-hydrogen) atoms. The number of H-pyrrole nitrogens is 1. The summed E-state index contributed by atoms with van der Waals surface area (Å²) in [6.45, 7) is 1.78. The van der Waals surface area contributed by atoms with Crippen molar-refractivity contribution in [3.8, 4) is 0 Å². The van der Waals surface area contributed by atoms with Crippen molar-refractivity contribution < 1.29 is 9.59 Å². The van der Waals surface area contributed by atoms with Crippen LogP contribution in [0.4, 0.5) is 5.69 Å². The lowest BCUT2D eigenvalue weighted by Crippen LogP contribution is -2.27. The number of aromatic nitrogens is 1. The Labute approximate surface area is 137 Å². The summed E-state index contributed by atoms with van der Waals surface area (Å²) >= 11 is 6.02. The van der Waals surface area contributed by atoms with Gasteiger partial charge in [-0.1, -0.05) is 17.7 Å². The van der Waals surface area contributed by atoms with Gasteiger partial charge >= 0.3 is 0 Å². The average Bonchev–Trinajstić information content (AvgIpc) is 2.51. The molecule has 0 radical (unpaired) electrons. The number of halogens is 1. The van der Waals surface area contributed by atoms with E-state index in [2.05, 4.69) is 10.3 Å². The lowest BCUT2D eigenvalue weighted by Gasteiger charge is -2.15. The molecule has 1 heterocycles. The fraction of sp³-hybridized carbons (Fsp3) is 0.235. The number of rotatable bonds is 2. The second kappa shape index (κ2) is 6.01. The van der Waals surface area contributed by atoms with E-state index in [1.165, 1.54) is 6.07 Å². The monoisotopic (exact) mass is 330 g/mol. The highest BCUT2D eigenvalue weighted by Gasteiger charge is 2.22. The van der Waals surface area contributed by atoms with Gasteiger partial charge in [-0.3, -0.25) is 14.4 Å². The Morgan fingerprint density at radius 2 is 2.04 bits per heavy atom. The molecule has 0 atom stereocenters. The van der Waals surface area contributed by atoms with Crippen molar-refractivity contribution >= 4 is 29.0 Å². The third kappa shape index (κ3) is 2.92. The second-order valence-electron chi connectivity index (χ2n) is 5.55. The summed E-state index contributed by atoms with van der Waals surface area (Å²) in [5, 5.41) is 3.20. The first-order chi connectivity index (χ1) is 11.0. The molecule has 1 aliphatic carbocycles. The number of fused-ring (bicyclic) bond motifs is 1. The molecular formula is C17H15ClN2O3. The van der Waals surface area contributed by atoms with Crippen molar-refractivity contribution in [2.45, 2.75) is 26.2 Å². The first kappa shape index (κ1) is 15.5. The van der Waals surface area contributed by atoms with Crippen molar-refractivity contribution in [3.05, 3.63) is 62.0 Å². The fourth-order valence-corrected chi connectivity index (χ4v) is 2.85. The highest BCUT2D eigenvalue weighted by molar-refractivity contribution is 6.31. The molecule has 0 aliphatic heterocycles. The summed E-state index contributed by atoms with van der Waals surface area (Å²) < 4.78 is 0. The number of pyridine rings is 1. The zero-order valence-electron chi connectivity index (χ0n) is 12.5. The number of nitrogens with one attached hydrogen (secondary N) is 2. The molecule has 1 aromatic heterocycles. The molecule has 1 aromatic carbocycles. The number of ketones is 1. The molecule has 0 spiro atoms. The molecule has 118 valence electrons. The zero-order chi connectivity index (χ0) is 16.6. The highest BCUT2D eigenvalue weighted by Crippen LogP contribution is 2.24. The SMILES string of the molecule is Cc1c(Cl)cccc1NC(=O)c1cc2c([nH]c1=O)CCCC2=O. The molecule has 0 saturated carbocycles. The number of hydrogen-bond acceptors (Lipinski definition) is 3. The molecule has 1 amide bonds. The molecule has 0 fully saturated rings. The maximum absolute atomic E-state index is 12.4. The molecule has 5 nitrogen and oxygen atoms in total. The lowest BCUT2D eigenvalue weighted by atomic mass is 9.93. The van der Waals surface area contributed by atoms with E-state index in [0.717, 1.165) is 6.42 Å². The Hall–Kier alpha value is -2.40. The summed E-state index contributed by atoms with van der Waals surface area (Å²) in [7, 11) is 0. The highest BCUT2D eigenvalue weighted by atomic mass is 35.5. The first-order valence-electron chi connectivity index (χ1n) is 7.33. The fourth-order valence-electron chi connectivity index (χ4n) is 2.68. The smallest absolute Gasteiger partial charge is 0.261 e. The van der Waals surface area contributed by atoms with Gasteiger partial charge in [0.05, 0.1) is 0 Å². The average molecular weight is 331 g/mol. The van der Waals surface area contributed by atoms with E-state index in [-0.39, 0.29) is 11.3 Å². The largest absolute Gasteiger partial charge is 0.325 e. The minimum Gasteiger partial charge on any atom is -0.325 e. The van der Waals surface area contributed by atoms with Crippen LogP contribution in [0.2, 0.25) is 5.02 Å². The molecule has 0 saturated heterocycles. The molecule has 6 heteroatoms. The quantitative estimate of drug-likeness (QED) is 0.888. The summed E-state index contributed by atoms with van der Waals surface area (Å²) in [5.41, 5.74) is 1.73. The normalized spacial score (nSPS) is 13.6. The van der Waals surface area contributed by atoms with Crippen molar-refractivity contribution in [2.75, 3.05) is 5.32 Å². The maximum atomic E-state index is 12.4. The van der Waals surface area contributed by atoms with Gasteiger partial charge < -0.3 is 10.3 Å². The minimum absolute atomic E-state index is 0.0458. The Balaban J connectivity index is 1.97. The van der Waals surface area contributed by atoms with E-state index in [1.54, 1.807) is 25.1 Å². The Morgan fingerprint density at radius 3 is 2.83 bits per heavy atom. The standard InChI is InChI=1S/C17H15ClN2O3/c1-9-12(18)4-2-5-13(9)19-16(22)11-8-10-14(20-17(11)23)6-3-7-15(10)21/h2,4-5,8H,3,6-7H2,1H3,(H,19,22)(H,20,23). The van der Waals surface area contributed by atoms with Crippen LogP contribution in [-0.2, 0) is 6.42 Å². The van der Waals surface area contributed by atoms with Crippen LogP contribution in [-0.4, -0.2) is 16.7 Å². The lowest BCUT2D eigenvalue weighted by molar-refractivity contribution is 0.0971. The first-order valence-corrected chi connectivity index (χ1v) is 7.71. The third-order valence-corrected chi connectivity index (χ3v) is 4.42. The number of carbonyl (C=O) groups is 2. The number of carbonyl (C=O) groups excluding carboxylic acids is 2. The third-order valence-electron chi connectivity index (χ3n) is 4.01. The molecule has 2 aromatic rings. The number of anilines is 1. The summed E-state index contributed by atoms with van der Waals surface area (Å²) in [6.07, 6.45) is 1.80. The summed E-state index contributed by atoms with van der Waals surface area (Å²) in [6, 6.07) is 6.53. The van der Waals surface area contributed by atoms with Crippen molar-refractivity contribution in [2.24, 2.45) is 0 Å². The summed E-state index contributed by atoms with van der Waals surface area (Å²) in [5.74, 6) is -0.603. The van der Waals surface area contributed by atoms with Crippen LogP contribution < -0.4 is 10.9 Å². The Kier molecular flexibility index (Phi) is 4.05. The number of hydrogen-bond donors (Lipinski definition) is 2. The van der Waals surface area contributed by atoms with Crippen LogP contribution in [0.25, 0.3) is 0 Å².